The molecule has 1 atom stereocenters. The first kappa shape index (κ1) is 13.5. The van der Waals surface area contributed by atoms with E-state index < -0.39 is 17.9 Å². The van der Waals surface area contributed by atoms with E-state index in [1.54, 1.807) is 54.6 Å². The van der Waals surface area contributed by atoms with E-state index >= 15 is 0 Å². The van der Waals surface area contributed by atoms with Crippen molar-refractivity contribution in [3.05, 3.63) is 60.2 Å². The molecule has 0 spiro atoms. The molecule has 0 N–H and O–H groups in total. The summed E-state index contributed by atoms with van der Waals surface area (Å²) < 4.78 is 32.9. The Bertz CT molecular complexity index is 656. The van der Waals surface area contributed by atoms with E-state index in [1.807, 2.05) is 0 Å². The Balaban J connectivity index is 1.98. The first-order valence-corrected chi connectivity index (χ1v) is 6.46. The van der Waals surface area contributed by atoms with E-state index in [2.05, 4.69) is 0 Å². The summed E-state index contributed by atoms with van der Waals surface area (Å²) in [5, 5.41) is 0. The number of anilines is 1. The summed E-state index contributed by atoms with van der Waals surface area (Å²) in [5.41, 5.74) is 0.846. The highest BCUT2D eigenvalue weighted by atomic mass is 19.3. The molecule has 0 saturated carbocycles. The fourth-order valence-electron chi connectivity index (χ4n) is 2.49. The van der Waals surface area contributed by atoms with Crippen molar-refractivity contribution in [1.29, 1.82) is 0 Å². The zero-order valence-corrected chi connectivity index (χ0v) is 11.3. The molecule has 1 aliphatic heterocycles. The molecule has 108 valence electrons. The average molecular weight is 289 g/mol. The van der Waals surface area contributed by atoms with Gasteiger partial charge in [-0.25, -0.2) is 0 Å². The van der Waals surface area contributed by atoms with Gasteiger partial charge in [0.05, 0.1) is 7.11 Å². The Morgan fingerprint density at radius 3 is 2.24 bits per heavy atom. The fourth-order valence-corrected chi connectivity index (χ4v) is 2.49. The van der Waals surface area contributed by atoms with Gasteiger partial charge >= 0.3 is 11.8 Å². The number of rotatable bonds is 3. The largest absolute Gasteiger partial charge is 0.497 e. The second-order valence-corrected chi connectivity index (χ2v) is 4.81. The molecule has 0 aliphatic carbocycles. The van der Waals surface area contributed by atoms with Crippen LogP contribution in [0.4, 0.5) is 14.5 Å². The number of carbonyl (C=O) groups is 1. The van der Waals surface area contributed by atoms with Crippen LogP contribution in [0.15, 0.2) is 54.6 Å². The third-order valence-electron chi connectivity index (χ3n) is 3.57. The van der Waals surface area contributed by atoms with Crippen LogP contribution in [0.3, 0.4) is 0 Å². The Hall–Kier alpha value is -2.43. The normalized spacial score (nSPS) is 20.0. The molecule has 1 heterocycles. The van der Waals surface area contributed by atoms with Crippen LogP contribution in [0.2, 0.25) is 0 Å². The highest BCUT2D eigenvalue weighted by Gasteiger charge is 2.64. The van der Waals surface area contributed by atoms with Crippen molar-refractivity contribution in [1.82, 2.24) is 0 Å². The molecule has 3 rings (SSSR count). The lowest BCUT2D eigenvalue weighted by molar-refractivity contribution is -0.162. The van der Waals surface area contributed by atoms with Crippen LogP contribution in [-0.4, -0.2) is 18.9 Å². The minimum atomic E-state index is -3.37. The summed E-state index contributed by atoms with van der Waals surface area (Å²) in [5.74, 6) is -3.95. The van der Waals surface area contributed by atoms with E-state index in [-0.39, 0.29) is 0 Å². The number of hydrogen-bond donors (Lipinski definition) is 0. The SMILES string of the molecule is COc1ccc(N2C(=O)C(F)(F)[C@H]2c2ccccc2)cc1. The summed E-state index contributed by atoms with van der Waals surface area (Å²) in [6, 6.07) is 13.5. The summed E-state index contributed by atoms with van der Waals surface area (Å²) in [7, 11) is 1.52. The predicted octanol–water partition coefficient (Wildman–Crippen LogP) is 3.42. The molecule has 0 radical (unpaired) electrons. The van der Waals surface area contributed by atoms with Gasteiger partial charge in [-0.3, -0.25) is 9.69 Å². The fraction of sp³-hybridized carbons (Fsp3) is 0.188. The number of ether oxygens (including phenoxy) is 1. The third kappa shape index (κ3) is 2.05. The number of alkyl halides is 2. The average Bonchev–Trinajstić information content (AvgIpc) is 2.52. The van der Waals surface area contributed by atoms with Crippen molar-refractivity contribution >= 4 is 11.6 Å². The smallest absolute Gasteiger partial charge is 0.349 e. The molecule has 5 heteroatoms. The van der Waals surface area contributed by atoms with Crippen LogP contribution < -0.4 is 9.64 Å². The Morgan fingerprint density at radius 2 is 1.67 bits per heavy atom. The van der Waals surface area contributed by atoms with Gasteiger partial charge in [0.1, 0.15) is 11.8 Å². The van der Waals surface area contributed by atoms with E-state index in [0.717, 1.165) is 4.90 Å². The number of amides is 1. The van der Waals surface area contributed by atoms with Crippen molar-refractivity contribution in [3.8, 4) is 5.75 Å². The third-order valence-corrected chi connectivity index (χ3v) is 3.57. The number of methoxy groups -OCH3 is 1. The maximum atomic E-state index is 13.9. The van der Waals surface area contributed by atoms with Crippen LogP contribution in [0, 0.1) is 0 Å². The summed E-state index contributed by atoms with van der Waals surface area (Å²) in [4.78, 5) is 12.9. The van der Waals surface area contributed by atoms with Crippen molar-refractivity contribution in [3.63, 3.8) is 0 Å². The monoisotopic (exact) mass is 289 g/mol. The highest BCUT2D eigenvalue weighted by molar-refractivity contribution is 6.07. The molecule has 21 heavy (non-hydrogen) atoms. The first-order valence-electron chi connectivity index (χ1n) is 6.46. The molecule has 0 unspecified atom stereocenters. The van der Waals surface area contributed by atoms with E-state index in [0.29, 0.717) is 17.0 Å². The quantitative estimate of drug-likeness (QED) is 0.810. The number of hydrogen-bond acceptors (Lipinski definition) is 2. The maximum absolute atomic E-state index is 13.9. The molecular formula is C16H13F2NO2. The summed E-state index contributed by atoms with van der Waals surface area (Å²) in [6.45, 7) is 0. The van der Waals surface area contributed by atoms with Crippen molar-refractivity contribution in [2.24, 2.45) is 0 Å². The molecule has 2 aromatic carbocycles. The Labute approximate surface area is 120 Å². The van der Waals surface area contributed by atoms with Crippen molar-refractivity contribution < 1.29 is 18.3 Å². The molecule has 3 nitrogen and oxygen atoms in total. The molecule has 1 aliphatic rings. The standard InChI is InChI=1S/C16H13F2NO2/c1-21-13-9-7-12(8-10-13)19-14(16(17,18)15(19)20)11-5-3-2-4-6-11/h2-10,14H,1H3/t14-/m1/s1. The minimum absolute atomic E-state index is 0.415. The molecule has 1 fully saturated rings. The number of carbonyl (C=O) groups excluding carboxylic acids is 1. The first-order chi connectivity index (χ1) is 10.1. The second-order valence-electron chi connectivity index (χ2n) is 4.81. The van der Waals surface area contributed by atoms with Gasteiger partial charge in [0.2, 0.25) is 0 Å². The second kappa shape index (κ2) is 4.84. The van der Waals surface area contributed by atoms with Gasteiger partial charge in [0.25, 0.3) is 0 Å². The summed E-state index contributed by atoms with van der Waals surface area (Å²) >= 11 is 0. The molecule has 1 saturated heterocycles. The topological polar surface area (TPSA) is 29.5 Å². The lowest BCUT2D eigenvalue weighted by atomic mass is 9.89. The number of nitrogens with zero attached hydrogens (tertiary/aromatic N) is 1. The van der Waals surface area contributed by atoms with Gasteiger partial charge in [0.15, 0.2) is 0 Å². The zero-order chi connectivity index (χ0) is 15.0. The van der Waals surface area contributed by atoms with Gasteiger partial charge in [-0.05, 0) is 29.8 Å². The number of β-lactam (4-membered cyclic amide) rings is 1. The molecule has 0 aromatic heterocycles. The predicted molar refractivity (Wildman–Crippen MR) is 74.6 cm³/mol. The maximum Gasteiger partial charge on any atom is 0.349 e. The van der Waals surface area contributed by atoms with Crippen LogP contribution in [0.25, 0.3) is 0 Å². The summed E-state index contributed by atoms with van der Waals surface area (Å²) in [6.07, 6.45) is 0. The van der Waals surface area contributed by atoms with Gasteiger partial charge in [0, 0.05) is 5.69 Å². The van der Waals surface area contributed by atoms with Gasteiger partial charge in [-0.2, -0.15) is 8.78 Å². The van der Waals surface area contributed by atoms with Crippen molar-refractivity contribution in [2.75, 3.05) is 12.0 Å². The van der Waals surface area contributed by atoms with Crippen LogP contribution in [-0.2, 0) is 4.79 Å². The van der Waals surface area contributed by atoms with Gasteiger partial charge in [-0.15, -0.1) is 0 Å². The van der Waals surface area contributed by atoms with Crippen molar-refractivity contribution in [2.45, 2.75) is 12.0 Å². The lowest BCUT2D eigenvalue weighted by Gasteiger charge is -2.46. The van der Waals surface area contributed by atoms with Crippen LogP contribution in [0.1, 0.15) is 11.6 Å². The van der Waals surface area contributed by atoms with Gasteiger partial charge < -0.3 is 4.74 Å². The highest BCUT2D eigenvalue weighted by Crippen LogP contribution is 2.49. The van der Waals surface area contributed by atoms with Crippen LogP contribution >= 0.6 is 0 Å². The molecule has 2 aromatic rings. The van der Waals surface area contributed by atoms with E-state index in [9.17, 15) is 13.6 Å². The molecular weight excluding hydrogens is 276 g/mol. The van der Waals surface area contributed by atoms with E-state index in [4.69, 9.17) is 4.74 Å². The van der Waals surface area contributed by atoms with Crippen LogP contribution in [0.5, 0.6) is 5.75 Å². The Kier molecular flexibility index (Phi) is 3.12. The van der Waals surface area contributed by atoms with Gasteiger partial charge in [-0.1, -0.05) is 30.3 Å². The zero-order valence-electron chi connectivity index (χ0n) is 11.3. The van der Waals surface area contributed by atoms with E-state index in [1.165, 1.54) is 7.11 Å². The molecule has 1 amide bonds. The Morgan fingerprint density at radius 1 is 1.05 bits per heavy atom. The number of halogens is 2. The number of benzene rings is 2. The minimum Gasteiger partial charge on any atom is -0.497 e. The molecule has 0 bridgehead atoms. The lowest BCUT2D eigenvalue weighted by Crippen LogP contribution is -2.64.